The van der Waals surface area contributed by atoms with E-state index in [1.165, 1.54) is 13.8 Å². The van der Waals surface area contributed by atoms with Crippen LogP contribution in [0.1, 0.15) is 13.8 Å². The van der Waals surface area contributed by atoms with Crippen LogP contribution in [-0.4, -0.2) is 17.4 Å². The van der Waals surface area contributed by atoms with E-state index in [0.717, 1.165) is 0 Å². The fraction of sp³-hybridized carbons (Fsp3) is 1.00. The minimum absolute atomic E-state index is 0.0895. The predicted octanol–water partition coefficient (Wildman–Crippen LogP) is 2.17. The van der Waals surface area contributed by atoms with Gasteiger partial charge in [-0.05, 0) is 0 Å². The lowest BCUT2D eigenvalue weighted by Gasteiger charge is -2.30. The van der Waals surface area contributed by atoms with Gasteiger partial charge in [0.05, 0.1) is 11.4 Å². The van der Waals surface area contributed by atoms with Gasteiger partial charge in [-0.15, -0.1) is 11.7 Å². The van der Waals surface area contributed by atoms with E-state index in [9.17, 15) is 11.7 Å². The second-order valence-electron chi connectivity index (χ2n) is 1.64. The highest BCUT2D eigenvalue weighted by Gasteiger charge is 2.18. The quantitative estimate of drug-likeness (QED) is 0.616. The molecular formula is C4H12F3NS. The molecule has 0 radical (unpaired) electrons. The number of rotatable bonds is 3. The van der Waals surface area contributed by atoms with Crippen LogP contribution >= 0.6 is 11.4 Å². The molecule has 0 heterocycles. The number of halogens is 3. The van der Waals surface area contributed by atoms with E-state index >= 15 is 0 Å². The van der Waals surface area contributed by atoms with Crippen molar-refractivity contribution in [2.24, 2.45) is 0 Å². The minimum atomic E-state index is -5.45. The molecule has 0 saturated carbocycles. The van der Waals surface area contributed by atoms with E-state index in [-0.39, 0.29) is 13.1 Å². The summed E-state index contributed by atoms with van der Waals surface area (Å²) in [6.45, 7) is 3.21. The Kier molecular flexibility index (Phi) is 3.35. The van der Waals surface area contributed by atoms with Crippen molar-refractivity contribution in [2.45, 2.75) is 13.8 Å². The summed E-state index contributed by atoms with van der Waals surface area (Å²) in [5, 5.41) is 0. The van der Waals surface area contributed by atoms with Gasteiger partial charge in [0.25, 0.3) is 0 Å². The summed E-state index contributed by atoms with van der Waals surface area (Å²) < 4.78 is 35.9. The molecule has 0 aliphatic rings. The van der Waals surface area contributed by atoms with Crippen molar-refractivity contribution in [3.63, 3.8) is 0 Å². The highest BCUT2D eigenvalue weighted by Crippen LogP contribution is 2.55. The molecule has 0 aliphatic carbocycles. The first kappa shape index (κ1) is 9.10. The van der Waals surface area contributed by atoms with Crippen LogP contribution in [0.3, 0.4) is 0 Å². The highest BCUT2D eigenvalue weighted by molar-refractivity contribution is 8.18. The fourth-order valence-electron chi connectivity index (χ4n) is 0.582. The van der Waals surface area contributed by atoms with Gasteiger partial charge < -0.3 is 0 Å². The number of hydrogen-bond donors (Lipinski definition) is 0. The first-order valence-corrected chi connectivity index (χ1v) is 4.42. The van der Waals surface area contributed by atoms with E-state index in [4.69, 9.17) is 0 Å². The van der Waals surface area contributed by atoms with Gasteiger partial charge in [0, 0.05) is 13.1 Å². The monoisotopic (exact) mass is 163 g/mol. The van der Waals surface area contributed by atoms with Gasteiger partial charge in [-0.1, -0.05) is 13.8 Å². The molecule has 0 rings (SSSR count). The molecule has 0 aromatic carbocycles. The maximum Gasteiger partial charge on any atom is 0.0814 e. The molecule has 60 valence electrons. The number of hydrogen-bond acceptors (Lipinski definition) is 1. The Bertz CT molecular complexity index is 78.4. The Balaban J connectivity index is 3.79. The average Bonchev–Trinajstić information content (AvgIpc) is 1.65. The van der Waals surface area contributed by atoms with Crippen LogP contribution in [0.15, 0.2) is 0 Å². The minimum Gasteiger partial charge on any atom is -0.222 e. The zero-order chi connectivity index (χ0) is 7.49. The van der Waals surface area contributed by atoms with Crippen LogP contribution in [0.25, 0.3) is 0 Å². The van der Waals surface area contributed by atoms with E-state index in [1.807, 2.05) is 0 Å². The molecule has 0 spiro atoms. The van der Waals surface area contributed by atoms with E-state index in [2.05, 4.69) is 0 Å². The maximum atomic E-state index is 11.8. The topological polar surface area (TPSA) is 3.24 Å². The van der Waals surface area contributed by atoms with Gasteiger partial charge in [0.2, 0.25) is 0 Å². The Morgan fingerprint density at radius 3 is 1.44 bits per heavy atom. The molecule has 0 unspecified atom stereocenters. The summed E-state index contributed by atoms with van der Waals surface area (Å²) in [7, 11) is 0. The molecule has 0 atom stereocenters. The molecule has 0 N–H and O–H groups in total. The van der Waals surface area contributed by atoms with Gasteiger partial charge in [0.15, 0.2) is 0 Å². The van der Waals surface area contributed by atoms with Gasteiger partial charge in [-0.2, -0.15) is 0 Å². The third-order valence-corrected chi connectivity index (χ3v) is 2.47. The van der Waals surface area contributed by atoms with Gasteiger partial charge in [-0.3, -0.25) is 0 Å². The van der Waals surface area contributed by atoms with Crippen molar-refractivity contribution >= 4 is 11.4 Å². The summed E-state index contributed by atoms with van der Waals surface area (Å²) in [5.41, 5.74) is 0. The standard InChI is InChI=1S/C4H12F3NS/c1-3-8(4-2)9(5,6)7/h3-4,9H2,1-2H3. The van der Waals surface area contributed by atoms with Crippen molar-refractivity contribution in [3.8, 4) is 0 Å². The molecule has 0 aromatic heterocycles. The van der Waals surface area contributed by atoms with E-state index in [1.54, 1.807) is 0 Å². The van der Waals surface area contributed by atoms with Gasteiger partial charge in [0.1, 0.15) is 0 Å². The Morgan fingerprint density at radius 1 is 1.11 bits per heavy atom. The summed E-state index contributed by atoms with van der Waals surface area (Å²) in [6.07, 6.45) is 0. The van der Waals surface area contributed by atoms with Crippen molar-refractivity contribution in [1.82, 2.24) is 4.31 Å². The molecule has 0 fully saturated rings. The Hall–Kier alpha value is 0.100. The molecule has 0 aromatic rings. The van der Waals surface area contributed by atoms with E-state index in [0.29, 0.717) is 4.31 Å². The van der Waals surface area contributed by atoms with E-state index < -0.39 is 11.4 Å². The largest absolute Gasteiger partial charge is 0.222 e. The SMILES string of the molecule is CCN(CC)[SH2](F)(F)F. The Morgan fingerprint density at radius 2 is 1.44 bits per heavy atom. The third-order valence-electron chi connectivity index (χ3n) is 1.12. The van der Waals surface area contributed by atoms with Crippen LogP contribution in [0.4, 0.5) is 11.7 Å². The fourth-order valence-corrected chi connectivity index (χ4v) is 1.30. The smallest absolute Gasteiger partial charge is 0.0814 e. The summed E-state index contributed by atoms with van der Waals surface area (Å²) >= 11 is -5.45. The lowest BCUT2D eigenvalue weighted by Crippen LogP contribution is -2.19. The number of nitrogens with zero attached hydrogens (tertiary/aromatic N) is 1. The lowest BCUT2D eigenvalue weighted by atomic mass is 10.7. The second kappa shape index (κ2) is 3.31. The lowest BCUT2D eigenvalue weighted by molar-refractivity contribution is 0.416. The van der Waals surface area contributed by atoms with Crippen molar-refractivity contribution in [2.75, 3.05) is 13.1 Å². The Labute approximate surface area is 55.2 Å². The van der Waals surface area contributed by atoms with Crippen LogP contribution in [0, 0.1) is 0 Å². The van der Waals surface area contributed by atoms with Crippen molar-refractivity contribution < 1.29 is 11.7 Å². The summed E-state index contributed by atoms with van der Waals surface area (Å²) in [6, 6.07) is 0. The zero-order valence-electron chi connectivity index (χ0n) is 5.50. The molecule has 0 bridgehead atoms. The first-order chi connectivity index (χ1) is 4.02. The first-order valence-electron chi connectivity index (χ1n) is 2.84. The molecule has 5 heteroatoms. The molecule has 0 saturated heterocycles. The summed E-state index contributed by atoms with van der Waals surface area (Å²) in [4.78, 5) is 0. The molecule has 9 heavy (non-hydrogen) atoms. The summed E-state index contributed by atoms with van der Waals surface area (Å²) in [5.74, 6) is 0. The third kappa shape index (κ3) is 2.95. The van der Waals surface area contributed by atoms with Crippen LogP contribution in [-0.2, 0) is 0 Å². The van der Waals surface area contributed by atoms with Crippen molar-refractivity contribution in [3.05, 3.63) is 0 Å². The highest BCUT2D eigenvalue weighted by atomic mass is 32.3. The molecule has 1 nitrogen and oxygen atoms in total. The normalized spacial score (nSPS) is 14.4. The van der Waals surface area contributed by atoms with Crippen LogP contribution < -0.4 is 0 Å². The molecule has 0 aliphatic heterocycles. The molecule has 0 amide bonds. The maximum absolute atomic E-state index is 11.8. The van der Waals surface area contributed by atoms with Gasteiger partial charge in [-0.25, -0.2) is 4.31 Å². The predicted molar refractivity (Wildman–Crippen MR) is 36.6 cm³/mol. The second-order valence-corrected chi connectivity index (χ2v) is 3.21. The average molecular weight is 163 g/mol. The van der Waals surface area contributed by atoms with Crippen LogP contribution in [0.2, 0.25) is 0 Å². The zero-order valence-corrected chi connectivity index (χ0v) is 6.50. The van der Waals surface area contributed by atoms with Crippen molar-refractivity contribution in [1.29, 1.82) is 0 Å². The van der Waals surface area contributed by atoms with Gasteiger partial charge >= 0.3 is 0 Å². The molecular weight excluding hydrogens is 151 g/mol. The van der Waals surface area contributed by atoms with Crippen LogP contribution in [0.5, 0.6) is 0 Å².